The molecule has 1 aromatic rings. The molecular weight excluding hydrogens is 346 g/mol. The van der Waals surface area contributed by atoms with Crippen LogP contribution in [0.2, 0.25) is 0 Å². The summed E-state index contributed by atoms with van der Waals surface area (Å²) in [5, 5.41) is 19.2. The van der Waals surface area contributed by atoms with Crippen molar-refractivity contribution in [1.82, 2.24) is 9.88 Å². The van der Waals surface area contributed by atoms with E-state index in [2.05, 4.69) is 9.88 Å². The van der Waals surface area contributed by atoms with Crippen LogP contribution >= 0.6 is 0 Å². The van der Waals surface area contributed by atoms with Crippen LogP contribution in [0.5, 0.6) is 0 Å². The summed E-state index contributed by atoms with van der Waals surface area (Å²) in [5.41, 5.74) is 0.0865. The molecule has 0 atom stereocenters. The van der Waals surface area contributed by atoms with Crippen molar-refractivity contribution in [3.05, 3.63) is 24.5 Å². The molecule has 1 aliphatic heterocycles. The summed E-state index contributed by atoms with van der Waals surface area (Å²) < 4.78 is 0. The van der Waals surface area contributed by atoms with E-state index in [1.807, 2.05) is 17.0 Å². The van der Waals surface area contributed by atoms with E-state index in [0.29, 0.717) is 25.2 Å². The summed E-state index contributed by atoms with van der Waals surface area (Å²) in [6, 6.07) is 3.98. The lowest BCUT2D eigenvalue weighted by Crippen LogP contribution is -2.48. The highest BCUT2D eigenvalue weighted by molar-refractivity contribution is 5.76. The van der Waals surface area contributed by atoms with Crippen LogP contribution in [0.25, 0.3) is 0 Å². The lowest BCUT2D eigenvalue weighted by Gasteiger charge is -2.37. The molecule has 148 valence electrons. The topological polar surface area (TPSA) is 94.0 Å². The van der Waals surface area contributed by atoms with E-state index in [9.17, 15) is 14.7 Å². The number of aromatic nitrogens is 1. The molecule has 1 aromatic heterocycles. The van der Waals surface area contributed by atoms with Gasteiger partial charge in [-0.2, -0.15) is 0 Å². The van der Waals surface area contributed by atoms with Gasteiger partial charge in [0, 0.05) is 50.7 Å². The number of anilines is 1. The Bertz CT molecular complexity index is 636. The predicted molar refractivity (Wildman–Crippen MR) is 101 cm³/mol. The van der Waals surface area contributed by atoms with E-state index in [4.69, 9.17) is 5.11 Å². The minimum atomic E-state index is -1.06. The quantitative estimate of drug-likeness (QED) is 0.789. The lowest BCUT2D eigenvalue weighted by atomic mass is 9.75. The molecule has 0 unspecified atom stereocenters. The van der Waals surface area contributed by atoms with Crippen LogP contribution in [-0.2, 0) is 9.59 Å². The fraction of sp³-hybridized carbons (Fsp3) is 0.650. The number of pyridine rings is 1. The maximum Gasteiger partial charge on any atom is 0.306 e. The van der Waals surface area contributed by atoms with Gasteiger partial charge in [-0.15, -0.1) is 0 Å². The number of hydrogen-bond acceptors (Lipinski definition) is 5. The average Bonchev–Trinajstić information content (AvgIpc) is 2.67. The number of carboxylic acid groups (broad SMARTS) is 1. The monoisotopic (exact) mass is 375 g/mol. The Labute approximate surface area is 160 Å². The Hall–Kier alpha value is -2.15. The van der Waals surface area contributed by atoms with Crippen molar-refractivity contribution in [2.75, 3.05) is 31.1 Å². The summed E-state index contributed by atoms with van der Waals surface area (Å²) in [6.07, 6.45) is 7.39. The molecule has 1 amide bonds. The van der Waals surface area contributed by atoms with Gasteiger partial charge in [-0.05, 0) is 50.2 Å². The maximum atomic E-state index is 12.5. The summed E-state index contributed by atoms with van der Waals surface area (Å²) in [6.45, 7) is 3.15. The van der Waals surface area contributed by atoms with E-state index in [1.54, 1.807) is 12.4 Å². The molecule has 7 nitrogen and oxygen atoms in total. The molecule has 1 aliphatic carbocycles. The van der Waals surface area contributed by atoms with Gasteiger partial charge in [0.2, 0.25) is 5.91 Å². The van der Waals surface area contributed by atoms with Crippen LogP contribution in [0.4, 0.5) is 5.69 Å². The first-order valence-corrected chi connectivity index (χ1v) is 9.82. The first kappa shape index (κ1) is 19.6. The van der Waals surface area contributed by atoms with Crippen LogP contribution in [0.15, 0.2) is 24.5 Å². The molecular formula is C20H29N3O4. The highest BCUT2D eigenvalue weighted by Gasteiger charge is 2.35. The van der Waals surface area contributed by atoms with Crippen molar-refractivity contribution in [3.8, 4) is 0 Å². The number of aliphatic hydroxyl groups is 1. The molecule has 7 heteroatoms. The van der Waals surface area contributed by atoms with Gasteiger partial charge in [0.05, 0.1) is 12.0 Å². The third-order valence-electron chi connectivity index (χ3n) is 5.94. The molecule has 0 bridgehead atoms. The Morgan fingerprint density at radius 2 is 1.74 bits per heavy atom. The van der Waals surface area contributed by atoms with Gasteiger partial charge < -0.3 is 20.0 Å². The van der Waals surface area contributed by atoms with Gasteiger partial charge in [0.15, 0.2) is 0 Å². The average molecular weight is 375 g/mol. The summed E-state index contributed by atoms with van der Waals surface area (Å²) in [4.78, 5) is 31.6. The van der Waals surface area contributed by atoms with Crippen molar-refractivity contribution in [3.63, 3.8) is 0 Å². The van der Waals surface area contributed by atoms with Crippen molar-refractivity contribution in [1.29, 1.82) is 0 Å². The number of piperazine rings is 1. The van der Waals surface area contributed by atoms with Gasteiger partial charge in [-0.25, -0.2) is 0 Å². The van der Waals surface area contributed by atoms with Crippen LogP contribution < -0.4 is 4.90 Å². The minimum absolute atomic E-state index is 0.180. The molecule has 2 fully saturated rings. The van der Waals surface area contributed by atoms with E-state index in [1.165, 1.54) is 0 Å². The number of nitrogens with zero attached hydrogens (tertiary/aromatic N) is 3. The molecule has 0 spiro atoms. The molecule has 0 aromatic carbocycles. The molecule has 27 heavy (non-hydrogen) atoms. The van der Waals surface area contributed by atoms with Gasteiger partial charge in [-0.3, -0.25) is 14.6 Å². The third-order valence-corrected chi connectivity index (χ3v) is 5.94. The minimum Gasteiger partial charge on any atom is -0.481 e. The number of rotatable bonds is 6. The lowest BCUT2D eigenvalue weighted by molar-refractivity contribution is -0.144. The Kier molecular flexibility index (Phi) is 6.31. The summed E-state index contributed by atoms with van der Waals surface area (Å²) in [7, 11) is 0. The van der Waals surface area contributed by atoms with Crippen molar-refractivity contribution < 1.29 is 19.8 Å². The number of carbonyl (C=O) groups is 2. The highest BCUT2D eigenvalue weighted by Crippen LogP contribution is 2.36. The Morgan fingerprint density at radius 1 is 1.11 bits per heavy atom. The summed E-state index contributed by atoms with van der Waals surface area (Å²) >= 11 is 0. The number of amides is 1. The highest BCUT2D eigenvalue weighted by atomic mass is 16.4. The van der Waals surface area contributed by atoms with E-state index >= 15 is 0 Å². The first-order valence-electron chi connectivity index (χ1n) is 9.82. The van der Waals surface area contributed by atoms with Crippen molar-refractivity contribution >= 4 is 17.6 Å². The standard InChI is InChI=1S/C20H29N3O4/c24-18(2-1-16-3-7-20(27,8-4-16)15-19(25)26)23-13-11-22(12-14-23)17-5-9-21-10-6-17/h5-6,9-10,16,27H,1-4,7-8,11-15H2,(H,25,26). The second-order valence-corrected chi connectivity index (χ2v) is 7.85. The zero-order valence-corrected chi connectivity index (χ0v) is 15.7. The largest absolute Gasteiger partial charge is 0.481 e. The Morgan fingerprint density at radius 3 is 2.33 bits per heavy atom. The van der Waals surface area contributed by atoms with Gasteiger partial charge in [0.1, 0.15) is 0 Å². The van der Waals surface area contributed by atoms with Crippen LogP contribution in [0, 0.1) is 5.92 Å². The van der Waals surface area contributed by atoms with E-state index in [0.717, 1.165) is 51.1 Å². The first-order chi connectivity index (χ1) is 13.0. The second-order valence-electron chi connectivity index (χ2n) is 7.85. The van der Waals surface area contributed by atoms with Gasteiger partial charge in [0.25, 0.3) is 0 Å². The molecule has 2 aliphatic rings. The van der Waals surface area contributed by atoms with E-state index in [-0.39, 0.29) is 12.3 Å². The third kappa shape index (κ3) is 5.42. The zero-order valence-electron chi connectivity index (χ0n) is 15.7. The van der Waals surface area contributed by atoms with Gasteiger partial charge in [-0.1, -0.05) is 0 Å². The van der Waals surface area contributed by atoms with Crippen molar-refractivity contribution in [2.45, 2.75) is 50.5 Å². The fourth-order valence-electron chi connectivity index (χ4n) is 4.22. The molecule has 0 radical (unpaired) electrons. The van der Waals surface area contributed by atoms with E-state index < -0.39 is 11.6 Å². The second kappa shape index (κ2) is 8.69. The maximum absolute atomic E-state index is 12.5. The zero-order chi connectivity index (χ0) is 19.3. The number of carboxylic acids is 1. The van der Waals surface area contributed by atoms with Crippen LogP contribution in [0.3, 0.4) is 0 Å². The molecule has 3 rings (SSSR count). The number of carbonyl (C=O) groups excluding carboxylic acids is 1. The number of aliphatic carboxylic acids is 1. The summed E-state index contributed by atoms with van der Waals surface area (Å²) in [5.74, 6) is -0.339. The number of hydrogen-bond donors (Lipinski definition) is 2. The Balaban J connectivity index is 1.38. The fourth-order valence-corrected chi connectivity index (χ4v) is 4.22. The van der Waals surface area contributed by atoms with Crippen molar-refractivity contribution in [2.24, 2.45) is 5.92 Å². The molecule has 2 N–H and O–H groups in total. The SMILES string of the molecule is O=C(O)CC1(O)CCC(CCC(=O)N2CCN(c3ccncc3)CC2)CC1. The van der Waals surface area contributed by atoms with Crippen LogP contribution in [0.1, 0.15) is 44.9 Å². The molecule has 1 saturated heterocycles. The van der Waals surface area contributed by atoms with Crippen LogP contribution in [-0.4, -0.2) is 63.8 Å². The molecule has 2 heterocycles. The van der Waals surface area contributed by atoms with Gasteiger partial charge >= 0.3 is 5.97 Å². The predicted octanol–water partition coefficient (Wildman–Crippen LogP) is 1.91. The smallest absolute Gasteiger partial charge is 0.306 e. The molecule has 1 saturated carbocycles. The normalized spacial score (nSPS) is 26.0.